The molecule has 7 atom stereocenters. The first-order valence-corrected chi connectivity index (χ1v) is 13.6. The van der Waals surface area contributed by atoms with Crippen LogP contribution in [0.5, 0.6) is 0 Å². The van der Waals surface area contributed by atoms with Gasteiger partial charge in [0.25, 0.3) is 0 Å². The molecule has 2 aromatic rings. The van der Waals surface area contributed by atoms with Crippen molar-refractivity contribution in [2.45, 2.75) is 29.5 Å². The van der Waals surface area contributed by atoms with Crippen LogP contribution in [0.25, 0.3) is 0 Å². The fourth-order valence-corrected chi connectivity index (χ4v) is 9.98. The maximum atomic E-state index is 13.4. The Morgan fingerprint density at radius 2 is 1.91 bits per heavy atom. The molecule has 0 spiro atoms. The molecule has 34 heavy (non-hydrogen) atoms. The van der Waals surface area contributed by atoms with Crippen LogP contribution in [0.2, 0.25) is 10.0 Å². The van der Waals surface area contributed by atoms with Crippen LogP contribution in [0.3, 0.4) is 0 Å². The third-order valence-corrected chi connectivity index (χ3v) is 11.1. The lowest BCUT2D eigenvalue weighted by Gasteiger charge is -2.43. The third-order valence-electron chi connectivity index (χ3n) is 7.72. The molecule has 6 rings (SSSR count). The second kappa shape index (κ2) is 8.11. The van der Waals surface area contributed by atoms with Crippen LogP contribution in [0.4, 0.5) is 0 Å². The zero-order chi connectivity index (χ0) is 23.9. The van der Waals surface area contributed by atoms with E-state index in [9.17, 15) is 19.2 Å². The maximum Gasteiger partial charge on any atom is 0.326 e. The van der Waals surface area contributed by atoms with Crippen LogP contribution in [-0.2, 0) is 19.1 Å². The molecule has 1 saturated heterocycles. The van der Waals surface area contributed by atoms with Gasteiger partial charge in [0.05, 0.1) is 33.5 Å². The van der Waals surface area contributed by atoms with Crippen molar-refractivity contribution in [3.63, 3.8) is 0 Å². The first-order chi connectivity index (χ1) is 16.3. The van der Waals surface area contributed by atoms with Gasteiger partial charge in [-0.2, -0.15) is 0 Å². The number of carbonyl (C=O) groups excluding carboxylic acids is 3. The first-order valence-electron chi connectivity index (χ1n) is 11.2. The summed E-state index contributed by atoms with van der Waals surface area (Å²) in [5.74, 6) is -2.31. The van der Waals surface area contributed by atoms with E-state index in [0.29, 0.717) is 10.0 Å². The minimum atomic E-state index is -0.577. The molecule has 2 amide bonds. The molecule has 3 fully saturated rings. The second-order valence-corrected chi connectivity index (χ2v) is 12.2. The number of hydrogen-bond acceptors (Lipinski definition) is 7. The summed E-state index contributed by atoms with van der Waals surface area (Å²) >= 11 is 15.8. The van der Waals surface area contributed by atoms with Gasteiger partial charge in [0.15, 0.2) is 0 Å². The lowest BCUT2D eigenvalue weighted by Crippen LogP contribution is -2.42. The summed E-state index contributed by atoms with van der Waals surface area (Å²) in [4.78, 5) is 55.9. The number of aromatic amines is 1. The van der Waals surface area contributed by atoms with Gasteiger partial charge in [0.2, 0.25) is 11.8 Å². The van der Waals surface area contributed by atoms with Gasteiger partial charge < -0.3 is 9.72 Å². The van der Waals surface area contributed by atoms with E-state index in [-0.39, 0.29) is 58.8 Å². The Labute approximate surface area is 213 Å². The second-order valence-electron chi connectivity index (χ2n) is 9.17. The number of esters is 1. The Morgan fingerprint density at radius 3 is 2.65 bits per heavy atom. The number of imide groups is 1. The highest BCUT2D eigenvalue weighted by atomic mass is 35.5. The number of hydrogen-bond donors (Lipinski definition) is 1. The van der Waals surface area contributed by atoms with E-state index in [1.165, 1.54) is 11.3 Å². The van der Waals surface area contributed by atoms with Crippen molar-refractivity contribution in [3.8, 4) is 0 Å². The number of benzene rings is 1. The SMILES string of the molecule is CCOC(=O)CN1C(=O)C2C3CC(C2C1=O)C1C(c2cccc(Cl)c2Cl)c2sc(=O)[nH]c2SC31. The van der Waals surface area contributed by atoms with Gasteiger partial charge in [0.1, 0.15) is 6.54 Å². The van der Waals surface area contributed by atoms with E-state index in [1.54, 1.807) is 24.8 Å². The smallest absolute Gasteiger partial charge is 0.326 e. The predicted octanol–water partition coefficient (Wildman–Crippen LogP) is 3.78. The fourth-order valence-electron chi connectivity index (χ4n) is 6.68. The summed E-state index contributed by atoms with van der Waals surface area (Å²) in [6, 6.07) is 5.50. The number of carbonyl (C=O) groups is 3. The van der Waals surface area contributed by atoms with Gasteiger partial charge in [-0.15, -0.1) is 11.8 Å². The van der Waals surface area contributed by atoms with Crippen LogP contribution in [-0.4, -0.2) is 46.1 Å². The van der Waals surface area contributed by atoms with E-state index in [0.717, 1.165) is 26.8 Å². The molecule has 3 heterocycles. The monoisotopic (exact) mass is 538 g/mol. The van der Waals surface area contributed by atoms with Gasteiger partial charge in [0, 0.05) is 16.0 Å². The normalized spacial score (nSPS) is 33.1. The summed E-state index contributed by atoms with van der Waals surface area (Å²) in [5, 5.41) is 1.74. The van der Waals surface area contributed by atoms with Crippen LogP contribution >= 0.6 is 46.3 Å². The Kier molecular flexibility index (Phi) is 5.40. The van der Waals surface area contributed by atoms with E-state index in [2.05, 4.69) is 4.98 Å². The van der Waals surface area contributed by atoms with Gasteiger partial charge >= 0.3 is 10.8 Å². The number of aromatic nitrogens is 1. The van der Waals surface area contributed by atoms with E-state index in [1.807, 2.05) is 12.1 Å². The number of nitrogens with zero attached hydrogens (tertiary/aromatic N) is 1. The number of amides is 2. The molecule has 1 N–H and O–H groups in total. The standard InChI is InChI=1S/C23H20Cl2N2O5S2/c1-2-32-12(28)7-27-21(29)15-9-6-10(16(15)22(27)30)18-14(9)13(8-4-3-5-11(24)17(8)25)19-20(33-18)26-23(31)34-19/h3-5,9-10,13-16,18H,2,6-7H2,1H3,(H,26,31). The molecular weight excluding hydrogens is 519 g/mol. The molecule has 11 heteroatoms. The van der Waals surface area contributed by atoms with Crippen molar-refractivity contribution in [1.82, 2.24) is 9.88 Å². The Bertz CT molecular complexity index is 1290. The lowest BCUT2D eigenvalue weighted by atomic mass is 9.68. The third kappa shape index (κ3) is 3.09. The molecule has 2 aliphatic carbocycles. The highest BCUT2D eigenvalue weighted by molar-refractivity contribution is 8.00. The average molecular weight is 539 g/mol. The van der Waals surface area contributed by atoms with E-state index in [4.69, 9.17) is 27.9 Å². The van der Waals surface area contributed by atoms with Crippen molar-refractivity contribution >= 4 is 64.1 Å². The largest absolute Gasteiger partial charge is 0.465 e. The lowest BCUT2D eigenvalue weighted by molar-refractivity contribution is -0.153. The Hall–Kier alpha value is -1.81. The summed E-state index contributed by atoms with van der Waals surface area (Å²) in [7, 11) is 0. The highest BCUT2D eigenvalue weighted by Gasteiger charge is 2.69. The fraction of sp³-hybridized carbons (Fsp3) is 0.478. The number of rotatable bonds is 4. The predicted molar refractivity (Wildman–Crippen MR) is 128 cm³/mol. The number of ether oxygens (including phenoxy) is 1. The molecule has 2 aliphatic heterocycles. The Morgan fingerprint density at radius 1 is 1.18 bits per heavy atom. The molecular formula is C23H20Cl2N2O5S2. The molecule has 2 bridgehead atoms. The van der Waals surface area contributed by atoms with Crippen molar-refractivity contribution in [1.29, 1.82) is 0 Å². The molecule has 2 saturated carbocycles. The van der Waals surface area contributed by atoms with Crippen molar-refractivity contribution in [2.24, 2.45) is 29.6 Å². The summed E-state index contributed by atoms with van der Waals surface area (Å²) in [5.41, 5.74) is 0.838. The Balaban J connectivity index is 1.42. The summed E-state index contributed by atoms with van der Waals surface area (Å²) in [6.07, 6.45) is 0.760. The average Bonchev–Trinajstić information content (AvgIpc) is 3.52. The number of halogens is 2. The zero-order valence-corrected chi connectivity index (χ0v) is 21.1. The minimum absolute atomic E-state index is 0.0189. The molecule has 1 aromatic heterocycles. The number of thioether (sulfide) groups is 1. The van der Waals surface area contributed by atoms with Crippen molar-refractivity contribution in [2.75, 3.05) is 13.2 Å². The molecule has 178 valence electrons. The molecule has 7 nitrogen and oxygen atoms in total. The quantitative estimate of drug-likeness (QED) is 0.470. The van der Waals surface area contributed by atoms with Gasteiger partial charge in [-0.25, -0.2) is 0 Å². The number of H-pyrrole nitrogens is 1. The van der Waals surface area contributed by atoms with E-state index >= 15 is 0 Å². The highest BCUT2D eigenvalue weighted by Crippen LogP contribution is 2.68. The number of likely N-dealkylation sites (tertiary alicyclic amines) is 1. The molecule has 1 aromatic carbocycles. The summed E-state index contributed by atoms with van der Waals surface area (Å²) < 4.78 is 4.98. The van der Waals surface area contributed by atoms with Crippen LogP contribution < -0.4 is 4.87 Å². The van der Waals surface area contributed by atoms with E-state index < -0.39 is 17.8 Å². The zero-order valence-electron chi connectivity index (χ0n) is 18.0. The van der Waals surface area contributed by atoms with Crippen LogP contribution in [0, 0.1) is 29.6 Å². The topological polar surface area (TPSA) is 96.5 Å². The minimum Gasteiger partial charge on any atom is -0.465 e. The van der Waals surface area contributed by atoms with Crippen LogP contribution in [0.1, 0.15) is 29.7 Å². The van der Waals surface area contributed by atoms with Crippen LogP contribution in [0.15, 0.2) is 28.0 Å². The maximum absolute atomic E-state index is 13.4. The number of thiazole rings is 1. The van der Waals surface area contributed by atoms with Crippen molar-refractivity contribution in [3.05, 3.63) is 48.4 Å². The van der Waals surface area contributed by atoms with Gasteiger partial charge in [-0.3, -0.25) is 24.1 Å². The molecule has 7 unspecified atom stereocenters. The van der Waals surface area contributed by atoms with Crippen molar-refractivity contribution < 1.29 is 19.1 Å². The number of nitrogens with one attached hydrogen (secondary N) is 1. The number of fused-ring (bicyclic) bond motifs is 9. The van der Waals surface area contributed by atoms with Gasteiger partial charge in [-0.1, -0.05) is 46.7 Å². The first kappa shape index (κ1) is 22.6. The van der Waals surface area contributed by atoms with Gasteiger partial charge in [-0.05, 0) is 42.7 Å². The molecule has 0 radical (unpaired) electrons. The summed E-state index contributed by atoms with van der Waals surface area (Å²) in [6.45, 7) is 1.54. The molecule has 4 aliphatic rings.